The number of carbonyl (C=O) groups excluding carboxylic acids is 4. The van der Waals surface area contributed by atoms with Crippen molar-refractivity contribution in [1.29, 1.82) is 0 Å². The number of ether oxygens (including phenoxy) is 4. The average Bonchev–Trinajstić information content (AvgIpc) is 0.886. The molecule has 0 saturated heterocycles. The van der Waals surface area contributed by atoms with Gasteiger partial charge < -0.3 is 33.8 Å². The SMILES string of the molecule is CC/C=C\C/C=C\C/C=C\C/C=C\C/C=C\C/C=C\CCC(=O)OCC(COP(=O)(O)OCC(O)COP(=O)(O)OCC(COC(=O)CCCCCCCC/C=C\C/C=C\C/C=C\C/C=C\CC)OC(=O)CCCCCCC/C=C\CCCCCC)OC(=O)CCCCCCCCC/C=C\C/C=C\C/C=C\CC. The monoisotopic (exact) mass is 1550 g/mol. The molecule has 0 aromatic rings. The van der Waals surface area contributed by atoms with Gasteiger partial charge in [-0.3, -0.25) is 37.3 Å². The fourth-order valence-electron chi connectivity index (χ4n) is 10.5. The van der Waals surface area contributed by atoms with Crippen molar-refractivity contribution in [1.82, 2.24) is 0 Å². The minimum atomic E-state index is -5.01. The van der Waals surface area contributed by atoms with Crippen LogP contribution in [0.3, 0.4) is 0 Å². The Labute approximate surface area is 654 Å². The highest BCUT2D eigenvalue weighted by atomic mass is 31.2. The van der Waals surface area contributed by atoms with Crippen LogP contribution in [0.5, 0.6) is 0 Å². The molecule has 19 heteroatoms. The molecule has 0 spiro atoms. The predicted octanol–water partition coefficient (Wildman–Crippen LogP) is 24.6. The van der Waals surface area contributed by atoms with Crippen LogP contribution >= 0.6 is 15.6 Å². The molecule has 0 rings (SSSR count). The Kier molecular flexibility index (Phi) is 75.4. The molecule has 5 atom stereocenters. The number of aliphatic hydroxyl groups is 1. The van der Waals surface area contributed by atoms with E-state index in [-0.39, 0.29) is 25.7 Å². The van der Waals surface area contributed by atoms with Gasteiger partial charge in [0.25, 0.3) is 0 Å². The molecule has 0 saturated carbocycles. The Hall–Kier alpha value is -5.58. The van der Waals surface area contributed by atoms with Crippen molar-refractivity contribution in [2.45, 2.75) is 329 Å². The van der Waals surface area contributed by atoms with Gasteiger partial charge in [0.15, 0.2) is 12.2 Å². The first-order valence-electron chi connectivity index (χ1n) is 41.4. The Morgan fingerprint density at radius 2 is 0.500 bits per heavy atom. The van der Waals surface area contributed by atoms with Crippen LogP contribution in [-0.2, 0) is 65.4 Å². The first-order valence-corrected chi connectivity index (χ1v) is 44.4. The van der Waals surface area contributed by atoms with Crippen molar-refractivity contribution in [3.63, 3.8) is 0 Å². The summed E-state index contributed by atoms with van der Waals surface area (Å²) >= 11 is 0. The minimum Gasteiger partial charge on any atom is -0.462 e. The fraction of sp³-hybridized carbons (Fsp3) is 0.640. The number of hydrogen-bond acceptors (Lipinski definition) is 15. The number of aliphatic hydroxyl groups excluding tert-OH is 1. The Morgan fingerprint density at radius 1 is 0.269 bits per heavy atom. The standard InChI is InChI=1S/C89H146O17P2/c1-5-9-13-17-21-25-29-33-36-39-41-44-46-50-53-57-61-65-69-73-86(91)99-79-84(105-88(93)75-71-67-63-59-55-49-32-28-24-20-16-12-8-4)81-103-107(95,96)101-77-83(90)78-102-108(97,98)104-82-85(106-89(94)76-72-68-64-60-56-52-48-43-38-35-31-27-23-19-15-11-7-3)80-100-87(92)74-70-66-62-58-54-51-47-45-42-40-37-34-30-26-22-18-14-10-6-2/h9-11,13-15,21-23,25-28,32-38,41-42,44-45,51,54,62,66,83-85,90H,5-8,12,16-20,24,29-31,39-40,43,46-50,52-53,55-61,63-65,67-82H2,1-4H3,(H,95,96)(H,97,98)/b13-9-,14-10-,15-11-,25-21-,26-22-,27-23-,32-28-,36-33-,37-34-,38-35-,44-41-,45-42-,54-51-,66-62-. The summed E-state index contributed by atoms with van der Waals surface area (Å²) in [6.45, 7) is 4.41. The number of phosphoric acid groups is 2. The number of phosphoric ester groups is 2. The third-order valence-corrected chi connectivity index (χ3v) is 18.6. The van der Waals surface area contributed by atoms with Gasteiger partial charge in [0.05, 0.1) is 26.4 Å². The number of carbonyl (C=O) groups is 4. The average molecular weight is 1550 g/mol. The van der Waals surface area contributed by atoms with Gasteiger partial charge >= 0.3 is 39.5 Å². The molecule has 108 heavy (non-hydrogen) atoms. The maximum Gasteiger partial charge on any atom is 0.472 e. The van der Waals surface area contributed by atoms with E-state index >= 15 is 0 Å². The molecule has 0 radical (unpaired) electrons. The van der Waals surface area contributed by atoms with Crippen LogP contribution in [0.1, 0.15) is 310 Å². The van der Waals surface area contributed by atoms with E-state index in [4.69, 9.17) is 37.0 Å². The zero-order valence-electron chi connectivity index (χ0n) is 67.2. The molecule has 0 aliphatic rings. The van der Waals surface area contributed by atoms with Crippen LogP contribution in [0, 0.1) is 0 Å². The van der Waals surface area contributed by atoms with Gasteiger partial charge in [0.1, 0.15) is 19.3 Å². The van der Waals surface area contributed by atoms with Gasteiger partial charge in [-0.25, -0.2) is 9.13 Å². The normalized spacial score (nSPS) is 14.7. The van der Waals surface area contributed by atoms with Crippen molar-refractivity contribution in [2.24, 2.45) is 0 Å². The molecular weight excluding hydrogens is 1400 g/mol. The summed E-state index contributed by atoms with van der Waals surface area (Å²) in [6.07, 6.45) is 94.8. The fourth-order valence-corrected chi connectivity index (χ4v) is 12.1. The molecular formula is C89H146O17P2. The summed E-state index contributed by atoms with van der Waals surface area (Å²) in [4.78, 5) is 73.1. The first-order chi connectivity index (χ1) is 52.7. The summed E-state index contributed by atoms with van der Waals surface area (Å²) in [5.41, 5.74) is 0. The van der Waals surface area contributed by atoms with Gasteiger partial charge in [-0.1, -0.05) is 294 Å². The molecule has 0 aromatic heterocycles. The summed E-state index contributed by atoms with van der Waals surface area (Å²) in [7, 11) is -10.0. The van der Waals surface area contributed by atoms with Crippen LogP contribution < -0.4 is 0 Å². The quantitative estimate of drug-likeness (QED) is 0.0169. The smallest absolute Gasteiger partial charge is 0.462 e. The molecule has 0 amide bonds. The van der Waals surface area contributed by atoms with Gasteiger partial charge in [-0.05, 0) is 161 Å². The van der Waals surface area contributed by atoms with Crippen molar-refractivity contribution in [3.05, 3.63) is 170 Å². The highest BCUT2D eigenvalue weighted by molar-refractivity contribution is 7.47. The van der Waals surface area contributed by atoms with Crippen molar-refractivity contribution in [2.75, 3.05) is 39.6 Å². The highest BCUT2D eigenvalue weighted by Gasteiger charge is 2.30. The molecule has 614 valence electrons. The molecule has 0 aromatic carbocycles. The van der Waals surface area contributed by atoms with Crippen molar-refractivity contribution >= 4 is 39.5 Å². The lowest BCUT2D eigenvalue weighted by molar-refractivity contribution is -0.161. The largest absolute Gasteiger partial charge is 0.472 e. The van der Waals surface area contributed by atoms with Gasteiger partial charge in [-0.15, -0.1) is 0 Å². The van der Waals surface area contributed by atoms with E-state index in [1.165, 1.54) is 25.7 Å². The van der Waals surface area contributed by atoms with E-state index in [2.05, 4.69) is 180 Å². The number of hydrogen-bond donors (Lipinski definition) is 3. The zero-order chi connectivity index (χ0) is 78.9. The molecule has 0 aliphatic carbocycles. The second-order valence-corrected chi connectivity index (χ2v) is 29.8. The molecule has 0 fully saturated rings. The zero-order valence-corrected chi connectivity index (χ0v) is 69.0. The maximum absolute atomic E-state index is 13.1. The number of rotatable bonds is 76. The number of esters is 4. The lowest BCUT2D eigenvalue weighted by Gasteiger charge is -2.21. The minimum absolute atomic E-state index is 0.0284. The van der Waals surface area contributed by atoms with E-state index in [9.17, 15) is 43.2 Å². The number of unbranched alkanes of at least 4 members (excludes halogenated alkanes) is 22. The third kappa shape index (κ3) is 78.5. The highest BCUT2D eigenvalue weighted by Crippen LogP contribution is 2.45. The molecule has 0 heterocycles. The van der Waals surface area contributed by atoms with E-state index in [0.717, 1.165) is 199 Å². The van der Waals surface area contributed by atoms with E-state index in [1.54, 1.807) is 0 Å². The molecule has 0 bridgehead atoms. The first kappa shape index (κ1) is 102. The van der Waals surface area contributed by atoms with Crippen LogP contribution in [0.4, 0.5) is 0 Å². The van der Waals surface area contributed by atoms with Crippen LogP contribution in [-0.4, -0.2) is 96.7 Å². The lowest BCUT2D eigenvalue weighted by atomic mass is 10.1. The molecule has 3 N–H and O–H groups in total. The maximum atomic E-state index is 13.1. The van der Waals surface area contributed by atoms with Crippen LogP contribution in [0.2, 0.25) is 0 Å². The predicted molar refractivity (Wildman–Crippen MR) is 445 cm³/mol. The second-order valence-electron chi connectivity index (χ2n) is 26.9. The lowest BCUT2D eigenvalue weighted by Crippen LogP contribution is -2.30. The Morgan fingerprint density at radius 3 is 0.806 bits per heavy atom. The summed E-state index contributed by atoms with van der Waals surface area (Å²) in [6, 6.07) is 0. The van der Waals surface area contributed by atoms with Gasteiger partial charge in [-0.2, -0.15) is 0 Å². The van der Waals surface area contributed by atoms with Crippen LogP contribution in [0.15, 0.2) is 170 Å². The summed E-state index contributed by atoms with van der Waals surface area (Å²) < 4.78 is 68.6. The number of allylic oxidation sites excluding steroid dienone is 28. The second kappa shape index (κ2) is 79.5. The van der Waals surface area contributed by atoms with Gasteiger partial charge in [0.2, 0.25) is 0 Å². The van der Waals surface area contributed by atoms with Crippen molar-refractivity contribution in [3.8, 4) is 0 Å². The molecule has 17 nitrogen and oxygen atoms in total. The van der Waals surface area contributed by atoms with E-state index in [1.807, 2.05) is 18.2 Å². The Bertz CT molecular complexity index is 2710. The van der Waals surface area contributed by atoms with Crippen molar-refractivity contribution < 1.29 is 80.2 Å². The van der Waals surface area contributed by atoms with Crippen LogP contribution in [0.25, 0.3) is 0 Å². The van der Waals surface area contributed by atoms with E-state index in [0.29, 0.717) is 32.1 Å². The molecule has 5 unspecified atom stereocenters. The molecule has 0 aliphatic heterocycles. The summed E-state index contributed by atoms with van der Waals surface area (Å²) in [5.74, 6) is -2.31. The van der Waals surface area contributed by atoms with E-state index < -0.39 is 97.5 Å². The topological polar surface area (TPSA) is 237 Å². The third-order valence-electron chi connectivity index (χ3n) is 16.7. The summed E-state index contributed by atoms with van der Waals surface area (Å²) in [5, 5.41) is 10.7. The van der Waals surface area contributed by atoms with Gasteiger partial charge in [0, 0.05) is 25.7 Å². The Balaban J connectivity index is 5.45.